The molecule has 0 spiro atoms. The van der Waals surface area contributed by atoms with E-state index in [0.717, 1.165) is 36.8 Å². The van der Waals surface area contributed by atoms with Crippen molar-refractivity contribution in [1.29, 1.82) is 0 Å². The van der Waals surface area contributed by atoms with Crippen molar-refractivity contribution in [3.05, 3.63) is 24.1 Å². The van der Waals surface area contributed by atoms with Gasteiger partial charge in [0, 0.05) is 13.1 Å². The molecule has 0 saturated carbocycles. The molecule has 0 aromatic carbocycles. The molecule has 1 aliphatic heterocycles. The van der Waals surface area contributed by atoms with Crippen LogP contribution in [0.25, 0.3) is 11.5 Å². The molecule has 14 heavy (non-hydrogen) atoms. The van der Waals surface area contributed by atoms with Gasteiger partial charge in [-0.3, -0.25) is 0 Å². The number of hydrogen-bond donors (Lipinski definition) is 1. The molecule has 3 heterocycles. The second-order valence-electron chi connectivity index (χ2n) is 3.26. The van der Waals surface area contributed by atoms with E-state index in [1.165, 1.54) is 0 Å². The SMILES string of the molecule is c1coc(-c2nnn3c2CNCC3)c1. The summed E-state index contributed by atoms with van der Waals surface area (Å²) in [6.45, 7) is 2.64. The molecule has 5 nitrogen and oxygen atoms in total. The second kappa shape index (κ2) is 2.95. The highest BCUT2D eigenvalue weighted by Gasteiger charge is 2.18. The van der Waals surface area contributed by atoms with Gasteiger partial charge in [0.15, 0.2) is 11.5 Å². The average Bonchev–Trinajstić information content (AvgIpc) is 2.85. The van der Waals surface area contributed by atoms with E-state index in [9.17, 15) is 0 Å². The highest BCUT2D eigenvalue weighted by atomic mass is 16.3. The number of nitrogens with zero attached hydrogens (tertiary/aromatic N) is 3. The van der Waals surface area contributed by atoms with Gasteiger partial charge in [0.05, 0.1) is 18.5 Å². The van der Waals surface area contributed by atoms with Gasteiger partial charge in [0.25, 0.3) is 0 Å². The molecule has 0 unspecified atom stereocenters. The van der Waals surface area contributed by atoms with Gasteiger partial charge >= 0.3 is 0 Å². The highest BCUT2D eigenvalue weighted by Crippen LogP contribution is 2.22. The van der Waals surface area contributed by atoms with Crippen LogP contribution in [0.15, 0.2) is 22.8 Å². The van der Waals surface area contributed by atoms with E-state index in [1.807, 2.05) is 16.8 Å². The highest BCUT2D eigenvalue weighted by molar-refractivity contribution is 5.54. The number of hydrogen-bond acceptors (Lipinski definition) is 4. The van der Waals surface area contributed by atoms with Crippen LogP contribution in [0.3, 0.4) is 0 Å². The summed E-state index contributed by atoms with van der Waals surface area (Å²) in [7, 11) is 0. The van der Waals surface area contributed by atoms with Crippen molar-refractivity contribution in [3.8, 4) is 11.5 Å². The molecule has 0 bridgehead atoms. The summed E-state index contributed by atoms with van der Waals surface area (Å²) < 4.78 is 7.23. The molecular weight excluding hydrogens is 180 g/mol. The summed E-state index contributed by atoms with van der Waals surface area (Å²) >= 11 is 0. The number of furan rings is 1. The molecule has 72 valence electrons. The van der Waals surface area contributed by atoms with E-state index in [-0.39, 0.29) is 0 Å². The predicted octanol–water partition coefficient (Wildman–Crippen LogP) is 0.641. The molecule has 0 aliphatic carbocycles. The smallest absolute Gasteiger partial charge is 0.156 e. The number of aromatic nitrogens is 3. The first-order valence-electron chi connectivity index (χ1n) is 4.62. The quantitative estimate of drug-likeness (QED) is 0.717. The zero-order valence-corrected chi connectivity index (χ0v) is 7.60. The van der Waals surface area contributed by atoms with Gasteiger partial charge in [-0.15, -0.1) is 5.10 Å². The number of nitrogens with one attached hydrogen (secondary N) is 1. The van der Waals surface area contributed by atoms with E-state index < -0.39 is 0 Å². The van der Waals surface area contributed by atoms with Crippen molar-refractivity contribution in [2.24, 2.45) is 0 Å². The van der Waals surface area contributed by atoms with Gasteiger partial charge in [-0.25, -0.2) is 4.68 Å². The minimum Gasteiger partial charge on any atom is -0.463 e. The third-order valence-corrected chi connectivity index (χ3v) is 2.39. The van der Waals surface area contributed by atoms with Crippen molar-refractivity contribution < 1.29 is 4.42 Å². The van der Waals surface area contributed by atoms with E-state index in [2.05, 4.69) is 15.6 Å². The minimum atomic E-state index is 0.787. The van der Waals surface area contributed by atoms with Crippen LogP contribution in [0.4, 0.5) is 0 Å². The summed E-state index contributed by atoms with van der Waals surface area (Å²) in [5.41, 5.74) is 1.95. The lowest BCUT2D eigenvalue weighted by atomic mass is 10.2. The fourth-order valence-corrected chi connectivity index (χ4v) is 1.68. The Labute approximate surface area is 80.7 Å². The maximum atomic E-state index is 5.30. The maximum absolute atomic E-state index is 5.30. The topological polar surface area (TPSA) is 55.9 Å². The molecule has 0 atom stereocenters. The van der Waals surface area contributed by atoms with E-state index in [0.29, 0.717) is 0 Å². The average molecular weight is 190 g/mol. The molecule has 0 fully saturated rings. The number of rotatable bonds is 1. The van der Waals surface area contributed by atoms with E-state index in [4.69, 9.17) is 4.42 Å². The lowest BCUT2D eigenvalue weighted by molar-refractivity contribution is 0.467. The van der Waals surface area contributed by atoms with Crippen LogP contribution in [0.1, 0.15) is 5.69 Å². The van der Waals surface area contributed by atoms with Gasteiger partial charge in [-0.1, -0.05) is 5.21 Å². The Kier molecular flexibility index (Phi) is 1.63. The fourth-order valence-electron chi connectivity index (χ4n) is 1.68. The van der Waals surface area contributed by atoms with Gasteiger partial charge in [-0.05, 0) is 12.1 Å². The Hall–Kier alpha value is -1.62. The summed E-state index contributed by atoms with van der Waals surface area (Å²) in [6, 6.07) is 3.76. The Balaban J connectivity index is 2.11. The van der Waals surface area contributed by atoms with Crippen molar-refractivity contribution >= 4 is 0 Å². The zero-order chi connectivity index (χ0) is 9.38. The Bertz CT molecular complexity index is 432. The second-order valence-corrected chi connectivity index (χ2v) is 3.26. The summed E-state index contributed by atoms with van der Waals surface area (Å²) in [4.78, 5) is 0. The zero-order valence-electron chi connectivity index (χ0n) is 7.60. The van der Waals surface area contributed by atoms with E-state index >= 15 is 0 Å². The molecule has 3 rings (SSSR count). The van der Waals surface area contributed by atoms with Crippen LogP contribution in [-0.2, 0) is 13.1 Å². The van der Waals surface area contributed by atoms with Crippen molar-refractivity contribution in [1.82, 2.24) is 20.3 Å². The van der Waals surface area contributed by atoms with Crippen LogP contribution < -0.4 is 5.32 Å². The molecule has 0 saturated heterocycles. The molecule has 0 amide bonds. The third-order valence-electron chi connectivity index (χ3n) is 2.39. The van der Waals surface area contributed by atoms with Crippen molar-refractivity contribution in [3.63, 3.8) is 0 Å². The molecule has 0 radical (unpaired) electrons. The van der Waals surface area contributed by atoms with Crippen LogP contribution in [0.5, 0.6) is 0 Å². The van der Waals surface area contributed by atoms with Gasteiger partial charge in [0.2, 0.25) is 0 Å². The number of fused-ring (bicyclic) bond motifs is 1. The monoisotopic (exact) mass is 190 g/mol. The first-order valence-corrected chi connectivity index (χ1v) is 4.62. The van der Waals surface area contributed by atoms with Crippen molar-refractivity contribution in [2.45, 2.75) is 13.1 Å². The predicted molar refractivity (Wildman–Crippen MR) is 49.4 cm³/mol. The van der Waals surface area contributed by atoms with Crippen LogP contribution in [0.2, 0.25) is 0 Å². The maximum Gasteiger partial charge on any atom is 0.156 e. The molecule has 2 aromatic heterocycles. The van der Waals surface area contributed by atoms with Crippen LogP contribution in [0, 0.1) is 0 Å². The van der Waals surface area contributed by atoms with Crippen LogP contribution >= 0.6 is 0 Å². The first kappa shape index (κ1) is 7.75. The summed E-state index contributed by atoms with van der Waals surface area (Å²) in [5, 5.41) is 11.5. The van der Waals surface area contributed by atoms with E-state index in [1.54, 1.807) is 6.26 Å². The van der Waals surface area contributed by atoms with Gasteiger partial charge in [-0.2, -0.15) is 0 Å². The Morgan fingerprint density at radius 1 is 1.50 bits per heavy atom. The summed E-state index contributed by atoms with van der Waals surface area (Å²) in [6.07, 6.45) is 1.65. The first-order chi connectivity index (χ1) is 6.95. The van der Waals surface area contributed by atoms with Crippen LogP contribution in [-0.4, -0.2) is 21.5 Å². The molecular formula is C9H10N4O. The largest absolute Gasteiger partial charge is 0.463 e. The molecule has 1 N–H and O–H groups in total. The third kappa shape index (κ3) is 1.06. The van der Waals surface area contributed by atoms with Gasteiger partial charge in [0.1, 0.15) is 0 Å². The van der Waals surface area contributed by atoms with Crippen molar-refractivity contribution in [2.75, 3.05) is 6.54 Å². The molecule has 2 aromatic rings. The summed E-state index contributed by atoms with van der Waals surface area (Å²) in [5.74, 6) is 0.787. The fraction of sp³-hybridized carbons (Fsp3) is 0.333. The molecule has 5 heteroatoms. The standard InChI is InChI=1S/C9H10N4O/c1-2-8(14-5-1)9-7-6-10-3-4-13(7)12-11-9/h1-2,5,10H,3-4,6H2. The molecule has 1 aliphatic rings. The lowest BCUT2D eigenvalue weighted by Gasteiger charge is -2.13. The Morgan fingerprint density at radius 3 is 3.36 bits per heavy atom. The van der Waals surface area contributed by atoms with Gasteiger partial charge < -0.3 is 9.73 Å². The normalized spacial score (nSPS) is 15.4. The lowest BCUT2D eigenvalue weighted by Crippen LogP contribution is -2.28. The minimum absolute atomic E-state index is 0.787. The Morgan fingerprint density at radius 2 is 2.50 bits per heavy atom.